The maximum atomic E-state index is 12.8. The number of amides is 2. The summed E-state index contributed by atoms with van der Waals surface area (Å²) in [6.45, 7) is 2.90. The van der Waals surface area contributed by atoms with Crippen molar-refractivity contribution in [2.75, 3.05) is 19.6 Å². The molecule has 1 saturated heterocycles. The van der Waals surface area contributed by atoms with Crippen LogP contribution in [0.3, 0.4) is 0 Å². The Morgan fingerprint density at radius 1 is 1.11 bits per heavy atom. The molecule has 8 nitrogen and oxygen atoms in total. The standard InChI is InChI=1S/C26H27ClN6O2/c27-20-8-9-23-22(14-20)24(31-30-23)15-29-26(35)33-12-10-28-21(17-33)13-18-4-6-19(7-5-18)16-32-11-2-1-3-25(32)34/h1-9,11,14,21,28H,10,12-13,15-17H2,(H,29,35)(H,30,31). The maximum absolute atomic E-state index is 12.8. The third kappa shape index (κ3) is 5.55. The molecule has 0 saturated carbocycles. The van der Waals surface area contributed by atoms with Crippen molar-refractivity contribution >= 4 is 28.5 Å². The topological polar surface area (TPSA) is 95.0 Å². The molecule has 3 heterocycles. The van der Waals surface area contributed by atoms with Crippen LogP contribution in [-0.4, -0.2) is 51.4 Å². The minimum absolute atomic E-state index is 0.00868. The average molecular weight is 491 g/mol. The lowest BCUT2D eigenvalue weighted by Gasteiger charge is -2.33. The van der Waals surface area contributed by atoms with Crippen molar-refractivity contribution in [2.45, 2.75) is 25.6 Å². The van der Waals surface area contributed by atoms with Crippen molar-refractivity contribution in [3.05, 3.63) is 99.1 Å². The molecule has 35 heavy (non-hydrogen) atoms. The number of piperazine rings is 1. The van der Waals surface area contributed by atoms with Gasteiger partial charge in [0.15, 0.2) is 0 Å². The van der Waals surface area contributed by atoms with E-state index in [1.54, 1.807) is 22.9 Å². The number of H-pyrrole nitrogens is 1. The Morgan fingerprint density at radius 2 is 1.94 bits per heavy atom. The van der Waals surface area contributed by atoms with Crippen LogP contribution in [0.2, 0.25) is 5.02 Å². The van der Waals surface area contributed by atoms with E-state index in [1.807, 2.05) is 29.2 Å². The number of nitrogens with zero attached hydrogens (tertiary/aromatic N) is 3. The van der Waals surface area contributed by atoms with Gasteiger partial charge in [-0.05, 0) is 41.8 Å². The molecular weight excluding hydrogens is 464 g/mol. The Balaban J connectivity index is 1.15. The summed E-state index contributed by atoms with van der Waals surface area (Å²) < 4.78 is 1.69. The van der Waals surface area contributed by atoms with E-state index >= 15 is 0 Å². The van der Waals surface area contributed by atoms with Gasteiger partial charge in [-0.1, -0.05) is 41.9 Å². The summed E-state index contributed by atoms with van der Waals surface area (Å²) in [5.74, 6) is 0. The summed E-state index contributed by atoms with van der Waals surface area (Å²) in [7, 11) is 0. The number of carbonyl (C=O) groups is 1. The smallest absolute Gasteiger partial charge is 0.317 e. The molecule has 0 bridgehead atoms. The lowest BCUT2D eigenvalue weighted by Crippen LogP contribution is -2.55. The number of aromatic nitrogens is 3. The molecule has 5 rings (SSSR count). The third-order valence-electron chi connectivity index (χ3n) is 6.31. The zero-order valence-corrected chi connectivity index (χ0v) is 20.0. The van der Waals surface area contributed by atoms with E-state index in [-0.39, 0.29) is 17.6 Å². The van der Waals surface area contributed by atoms with Gasteiger partial charge in [0.05, 0.1) is 24.3 Å². The van der Waals surface area contributed by atoms with Crippen molar-refractivity contribution in [2.24, 2.45) is 0 Å². The SMILES string of the molecule is O=C(NCc1n[nH]c2ccc(Cl)cc12)N1CCNC(Cc2ccc(Cn3ccccc3=O)cc2)C1. The highest BCUT2D eigenvalue weighted by atomic mass is 35.5. The van der Waals surface area contributed by atoms with E-state index in [2.05, 4.69) is 45.1 Å². The minimum Gasteiger partial charge on any atom is -0.332 e. The van der Waals surface area contributed by atoms with Gasteiger partial charge in [-0.3, -0.25) is 9.89 Å². The fraction of sp³-hybridized carbons (Fsp3) is 0.269. The molecule has 1 aliphatic heterocycles. The van der Waals surface area contributed by atoms with Gasteiger partial charge < -0.3 is 20.1 Å². The zero-order chi connectivity index (χ0) is 24.2. The number of urea groups is 1. The number of fused-ring (bicyclic) bond motifs is 1. The highest BCUT2D eigenvalue weighted by Gasteiger charge is 2.23. The summed E-state index contributed by atoms with van der Waals surface area (Å²) in [5, 5.41) is 15.3. The van der Waals surface area contributed by atoms with Gasteiger partial charge in [0.2, 0.25) is 0 Å². The highest BCUT2D eigenvalue weighted by molar-refractivity contribution is 6.31. The number of aromatic amines is 1. The lowest BCUT2D eigenvalue weighted by atomic mass is 10.0. The molecule has 2 amide bonds. The number of carbonyl (C=O) groups excluding carboxylic acids is 1. The summed E-state index contributed by atoms with van der Waals surface area (Å²) in [6, 6.07) is 19.1. The first-order chi connectivity index (χ1) is 17.0. The molecule has 1 fully saturated rings. The third-order valence-corrected chi connectivity index (χ3v) is 6.55. The van der Waals surface area contributed by atoms with E-state index in [0.717, 1.165) is 35.1 Å². The van der Waals surface area contributed by atoms with Crippen molar-refractivity contribution in [1.82, 2.24) is 30.3 Å². The van der Waals surface area contributed by atoms with Crippen molar-refractivity contribution in [1.29, 1.82) is 0 Å². The molecule has 0 aliphatic carbocycles. The fourth-order valence-corrected chi connectivity index (χ4v) is 4.62. The summed E-state index contributed by atoms with van der Waals surface area (Å²) in [6.07, 6.45) is 2.61. The Labute approximate surface area is 207 Å². The average Bonchev–Trinajstić information content (AvgIpc) is 3.27. The molecule has 1 unspecified atom stereocenters. The predicted molar refractivity (Wildman–Crippen MR) is 137 cm³/mol. The van der Waals surface area contributed by atoms with Crippen LogP contribution in [-0.2, 0) is 19.5 Å². The lowest BCUT2D eigenvalue weighted by molar-refractivity contribution is 0.176. The molecule has 0 radical (unpaired) electrons. The van der Waals surface area contributed by atoms with Gasteiger partial charge in [0.1, 0.15) is 0 Å². The van der Waals surface area contributed by atoms with Crippen LogP contribution in [0.15, 0.2) is 71.7 Å². The largest absolute Gasteiger partial charge is 0.332 e. The zero-order valence-electron chi connectivity index (χ0n) is 19.2. The van der Waals surface area contributed by atoms with Gasteiger partial charge in [0, 0.05) is 48.3 Å². The van der Waals surface area contributed by atoms with Crippen molar-refractivity contribution in [3.63, 3.8) is 0 Å². The predicted octanol–water partition coefficient (Wildman–Crippen LogP) is 3.15. The minimum atomic E-state index is -0.0988. The number of nitrogens with one attached hydrogen (secondary N) is 3. The van der Waals surface area contributed by atoms with Crippen LogP contribution in [0.25, 0.3) is 10.9 Å². The number of hydrogen-bond donors (Lipinski definition) is 3. The molecule has 3 N–H and O–H groups in total. The number of pyridine rings is 1. The first-order valence-electron chi connectivity index (χ1n) is 11.7. The molecule has 2 aromatic heterocycles. The van der Waals surface area contributed by atoms with Crippen LogP contribution in [0, 0.1) is 0 Å². The highest BCUT2D eigenvalue weighted by Crippen LogP contribution is 2.20. The molecule has 9 heteroatoms. The van der Waals surface area contributed by atoms with Crippen LogP contribution in [0.5, 0.6) is 0 Å². The van der Waals surface area contributed by atoms with E-state index < -0.39 is 0 Å². The summed E-state index contributed by atoms with van der Waals surface area (Å²) >= 11 is 6.11. The molecule has 1 aliphatic rings. The number of halogens is 1. The van der Waals surface area contributed by atoms with Gasteiger partial charge in [-0.15, -0.1) is 0 Å². The normalized spacial score (nSPS) is 15.9. The van der Waals surface area contributed by atoms with E-state index in [1.165, 1.54) is 5.56 Å². The summed E-state index contributed by atoms with van der Waals surface area (Å²) in [4.78, 5) is 26.6. The number of benzene rings is 2. The van der Waals surface area contributed by atoms with Gasteiger partial charge in [-0.25, -0.2) is 4.79 Å². The molecule has 0 spiro atoms. The molecule has 2 aromatic carbocycles. The van der Waals surface area contributed by atoms with Crippen LogP contribution in [0.4, 0.5) is 4.79 Å². The van der Waals surface area contributed by atoms with E-state index in [9.17, 15) is 9.59 Å². The van der Waals surface area contributed by atoms with Crippen LogP contribution < -0.4 is 16.2 Å². The van der Waals surface area contributed by atoms with Gasteiger partial charge in [-0.2, -0.15) is 5.10 Å². The summed E-state index contributed by atoms with van der Waals surface area (Å²) in [5.41, 5.74) is 3.91. The monoisotopic (exact) mass is 490 g/mol. The van der Waals surface area contributed by atoms with Crippen molar-refractivity contribution < 1.29 is 4.79 Å². The maximum Gasteiger partial charge on any atom is 0.317 e. The van der Waals surface area contributed by atoms with Gasteiger partial charge >= 0.3 is 6.03 Å². The Bertz CT molecular complexity index is 1380. The molecule has 180 valence electrons. The molecule has 1 atom stereocenters. The second-order valence-electron chi connectivity index (χ2n) is 8.80. The quantitative estimate of drug-likeness (QED) is 0.387. The Morgan fingerprint density at radius 3 is 2.77 bits per heavy atom. The van der Waals surface area contributed by atoms with Crippen LogP contribution in [0.1, 0.15) is 16.8 Å². The Kier molecular flexibility index (Phi) is 6.83. The number of rotatable bonds is 6. The number of hydrogen-bond acceptors (Lipinski definition) is 4. The van der Waals surface area contributed by atoms with Gasteiger partial charge in [0.25, 0.3) is 5.56 Å². The fourth-order valence-electron chi connectivity index (χ4n) is 4.45. The van der Waals surface area contributed by atoms with Crippen LogP contribution >= 0.6 is 11.6 Å². The molecule has 4 aromatic rings. The van der Waals surface area contributed by atoms with E-state index in [0.29, 0.717) is 31.2 Å². The second kappa shape index (κ2) is 10.3. The molecular formula is C26H27ClN6O2. The van der Waals surface area contributed by atoms with Crippen molar-refractivity contribution in [3.8, 4) is 0 Å². The van der Waals surface area contributed by atoms with E-state index in [4.69, 9.17) is 11.6 Å². The Hall–Kier alpha value is -3.62. The first-order valence-corrected chi connectivity index (χ1v) is 12.0. The first kappa shape index (κ1) is 23.1. The second-order valence-corrected chi connectivity index (χ2v) is 9.24.